The van der Waals surface area contributed by atoms with E-state index < -0.39 is 10.9 Å². The van der Waals surface area contributed by atoms with E-state index in [1.165, 1.54) is 11.0 Å². The lowest BCUT2D eigenvalue weighted by Crippen LogP contribution is -2.03. The molecule has 0 amide bonds. The first-order valence-electron chi connectivity index (χ1n) is 4.69. The molecule has 1 heterocycles. The van der Waals surface area contributed by atoms with Gasteiger partial charge in [0.1, 0.15) is 5.78 Å². The van der Waals surface area contributed by atoms with Crippen molar-refractivity contribution in [2.45, 2.75) is 32.7 Å². The second-order valence-corrected chi connectivity index (χ2v) is 3.06. The minimum atomic E-state index is -0.645. The number of nitro groups is 1. The molecular formula is C8H12N4O3. The Labute approximate surface area is 86.3 Å². The summed E-state index contributed by atoms with van der Waals surface area (Å²) in [5, 5.41) is 13.9. The molecule has 0 aliphatic carbocycles. The van der Waals surface area contributed by atoms with Gasteiger partial charge in [-0.15, -0.1) is 0 Å². The Morgan fingerprint density at radius 2 is 2.40 bits per heavy atom. The molecule has 7 heteroatoms. The zero-order chi connectivity index (χ0) is 11.3. The molecule has 0 atom stereocenters. The van der Waals surface area contributed by atoms with Gasteiger partial charge < -0.3 is 10.1 Å². The number of ketones is 1. The smallest absolute Gasteiger partial charge is 0.390 e. The van der Waals surface area contributed by atoms with E-state index in [-0.39, 0.29) is 5.78 Å². The molecule has 0 fully saturated rings. The Morgan fingerprint density at radius 1 is 1.67 bits per heavy atom. The van der Waals surface area contributed by atoms with E-state index >= 15 is 0 Å². The molecule has 0 saturated carbocycles. The highest BCUT2D eigenvalue weighted by Gasteiger charge is 2.12. The van der Waals surface area contributed by atoms with Crippen LogP contribution in [0.1, 0.15) is 26.2 Å². The number of carbonyl (C=O) groups is 1. The van der Waals surface area contributed by atoms with Gasteiger partial charge in [0, 0.05) is 17.9 Å². The summed E-state index contributed by atoms with van der Waals surface area (Å²) in [6.45, 7) is 2.29. The minimum Gasteiger partial charge on any atom is -0.390 e. The number of Topliss-reactive ketones (excluding diaryl/α,β-unsaturated/α-hetero) is 1. The number of nitrogens with zero attached hydrogens (tertiary/aromatic N) is 4. The van der Waals surface area contributed by atoms with Gasteiger partial charge in [0.15, 0.2) is 0 Å². The first-order valence-corrected chi connectivity index (χ1v) is 4.69. The van der Waals surface area contributed by atoms with Crippen LogP contribution >= 0.6 is 0 Å². The molecule has 82 valence electrons. The number of hydrogen-bond donors (Lipinski definition) is 0. The van der Waals surface area contributed by atoms with Crippen molar-refractivity contribution in [3.8, 4) is 0 Å². The summed E-state index contributed by atoms with van der Waals surface area (Å²) in [7, 11) is 0. The fraction of sp³-hybridized carbons (Fsp3) is 0.625. The summed E-state index contributed by atoms with van der Waals surface area (Å²) in [5.41, 5.74) is 0. The van der Waals surface area contributed by atoms with Crippen LogP contribution in [-0.4, -0.2) is 25.5 Å². The van der Waals surface area contributed by atoms with Crippen LogP contribution in [0.3, 0.4) is 0 Å². The number of aryl methyl sites for hydroxylation is 1. The third-order valence-corrected chi connectivity index (χ3v) is 1.92. The molecule has 15 heavy (non-hydrogen) atoms. The van der Waals surface area contributed by atoms with Crippen molar-refractivity contribution >= 4 is 11.7 Å². The van der Waals surface area contributed by atoms with Gasteiger partial charge in [-0.3, -0.25) is 4.79 Å². The summed E-state index contributed by atoms with van der Waals surface area (Å²) >= 11 is 0. The molecule has 0 saturated heterocycles. The summed E-state index contributed by atoms with van der Waals surface area (Å²) in [6.07, 6.45) is 2.93. The Morgan fingerprint density at radius 3 is 2.93 bits per heavy atom. The molecule has 0 spiro atoms. The van der Waals surface area contributed by atoms with E-state index in [1.54, 1.807) is 0 Å². The van der Waals surface area contributed by atoms with E-state index in [2.05, 4.69) is 10.1 Å². The third-order valence-electron chi connectivity index (χ3n) is 1.92. The van der Waals surface area contributed by atoms with E-state index in [4.69, 9.17) is 0 Å². The normalized spacial score (nSPS) is 10.2. The van der Waals surface area contributed by atoms with Crippen LogP contribution in [0.4, 0.5) is 5.95 Å². The van der Waals surface area contributed by atoms with Crippen LogP contribution in [0.25, 0.3) is 0 Å². The molecule has 7 nitrogen and oxygen atoms in total. The molecule has 0 radical (unpaired) electrons. The lowest BCUT2D eigenvalue weighted by Gasteiger charge is -1.95. The zero-order valence-corrected chi connectivity index (χ0v) is 8.42. The minimum absolute atomic E-state index is 0.185. The maximum Gasteiger partial charge on any atom is 0.490 e. The van der Waals surface area contributed by atoms with Gasteiger partial charge in [-0.1, -0.05) is 11.9 Å². The van der Waals surface area contributed by atoms with Crippen molar-refractivity contribution < 1.29 is 9.72 Å². The summed E-state index contributed by atoms with van der Waals surface area (Å²) < 4.78 is 1.38. The van der Waals surface area contributed by atoms with E-state index in [0.717, 1.165) is 0 Å². The van der Waals surface area contributed by atoms with E-state index in [1.807, 2.05) is 6.92 Å². The van der Waals surface area contributed by atoms with E-state index in [0.29, 0.717) is 25.8 Å². The lowest BCUT2D eigenvalue weighted by atomic mass is 10.2. The quantitative estimate of drug-likeness (QED) is 0.517. The van der Waals surface area contributed by atoms with Gasteiger partial charge in [-0.25, -0.2) is 0 Å². The number of carbonyl (C=O) groups excluding carboxylic acids is 1. The Bertz CT molecular complexity index is 361. The van der Waals surface area contributed by atoms with Crippen molar-refractivity contribution in [3.05, 3.63) is 16.4 Å². The van der Waals surface area contributed by atoms with Gasteiger partial charge in [0.25, 0.3) is 0 Å². The first kappa shape index (κ1) is 11.3. The largest absolute Gasteiger partial charge is 0.490 e. The molecule has 0 unspecified atom stereocenters. The average molecular weight is 212 g/mol. The fourth-order valence-electron chi connectivity index (χ4n) is 1.09. The van der Waals surface area contributed by atoms with Crippen LogP contribution in [0.15, 0.2) is 6.33 Å². The molecule has 0 aliphatic rings. The Balaban J connectivity index is 2.38. The lowest BCUT2D eigenvalue weighted by molar-refractivity contribution is -0.394. The summed E-state index contributed by atoms with van der Waals surface area (Å²) in [4.78, 5) is 24.1. The monoisotopic (exact) mass is 212 g/mol. The second-order valence-electron chi connectivity index (χ2n) is 3.06. The Kier molecular flexibility index (Phi) is 3.90. The van der Waals surface area contributed by atoms with Gasteiger partial charge in [-0.2, -0.15) is 4.68 Å². The van der Waals surface area contributed by atoms with E-state index in [9.17, 15) is 14.9 Å². The topological polar surface area (TPSA) is 90.9 Å². The van der Waals surface area contributed by atoms with Crippen LogP contribution in [0.5, 0.6) is 0 Å². The molecule has 0 aliphatic heterocycles. The Hall–Kier alpha value is -1.79. The highest BCUT2D eigenvalue weighted by Crippen LogP contribution is 2.02. The number of rotatable bonds is 6. The van der Waals surface area contributed by atoms with Crippen molar-refractivity contribution in [1.29, 1.82) is 0 Å². The average Bonchev–Trinajstić information content (AvgIpc) is 2.66. The zero-order valence-electron chi connectivity index (χ0n) is 8.42. The molecule has 0 bridgehead atoms. The van der Waals surface area contributed by atoms with Gasteiger partial charge in [0.2, 0.25) is 6.33 Å². The van der Waals surface area contributed by atoms with Crippen LogP contribution in [-0.2, 0) is 11.3 Å². The van der Waals surface area contributed by atoms with Crippen molar-refractivity contribution in [1.82, 2.24) is 14.8 Å². The molecule has 1 aromatic rings. The maximum atomic E-state index is 11.0. The number of hydrogen-bond acceptors (Lipinski definition) is 5. The second kappa shape index (κ2) is 5.18. The molecular weight excluding hydrogens is 200 g/mol. The van der Waals surface area contributed by atoms with Crippen LogP contribution in [0.2, 0.25) is 0 Å². The SMILES string of the molecule is CCC(=O)CCCn1cnc([N+](=O)[O-])n1. The third kappa shape index (κ3) is 3.45. The van der Waals surface area contributed by atoms with Gasteiger partial charge in [-0.05, 0) is 11.3 Å². The van der Waals surface area contributed by atoms with Crippen molar-refractivity contribution in [2.75, 3.05) is 0 Å². The molecule has 1 rings (SSSR count). The van der Waals surface area contributed by atoms with Crippen molar-refractivity contribution in [2.24, 2.45) is 0 Å². The predicted octanol–water partition coefficient (Wildman–Crippen LogP) is 0.946. The van der Waals surface area contributed by atoms with Crippen molar-refractivity contribution in [3.63, 3.8) is 0 Å². The van der Waals surface area contributed by atoms with Gasteiger partial charge in [0.05, 0.1) is 6.54 Å². The molecule has 0 N–H and O–H groups in total. The van der Waals surface area contributed by atoms with Crippen LogP contribution < -0.4 is 0 Å². The predicted molar refractivity (Wildman–Crippen MR) is 51.2 cm³/mol. The number of aromatic nitrogens is 3. The fourth-order valence-corrected chi connectivity index (χ4v) is 1.09. The highest BCUT2D eigenvalue weighted by molar-refractivity contribution is 5.77. The first-order chi connectivity index (χ1) is 7.13. The van der Waals surface area contributed by atoms with Crippen LogP contribution in [0, 0.1) is 10.1 Å². The summed E-state index contributed by atoms with van der Waals surface area (Å²) in [5.74, 6) is -0.221. The highest BCUT2D eigenvalue weighted by atomic mass is 16.6. The van der Waals surface area contributed by atoms with Gasteiger partial charge >= 0.3 is 5.95 Å². The summed E-state index contributed by atoms with van der Waals surface area (Å²) in [6, 6.07) is 0. The maximum absolute atomic E-state index is 11.0. The standard InChI is InChI=1S/C8H12N4O3/c1-2-7(13)4-3-5-11-6-9-8(10-11)12(14)15/h6H,2-5H2,1H3. The molecule has 1 aromatic heterocycles. The molecule has 0 aromatic carbocycles.